The number of carbonyl (C=O) groups excluding carboxylic acids is 1. The molecule has 0 aliphatic rings. The first kappa shape index (κ1) is 19.1. The summed E-state index contributed by atoms with van der Waals surface area (Å²) in [5.74, 6) is -0.123. The minimum Gasteiger partial charge on any atom is -0.293 e. The zero-order valence-corrected chi connectivity index (χ0v) is 15.1. The molecule has 0 fully saturated rings. The second-order valence-corrected chi connectivity index (χ2v) is 6.71. The summed E-state index contributed by atoms with van der Waals surface area (Å²) < 4.78 is 40.1. The van der Waals surface area contributed by atoms with Crippen molar-refractivity contribution in [3.63, 3.8) is 0 Å². The van der Waals surface area contributed by atoms with Gasteiger partial charge in [0.25, 0.3) is 0 Å². The summed E-state index contributed by atoms with van der Waals surface area (Å²) >= 11 is 0.939. The van der Waals surface area contributed by atoms with Gasteiger partial charge >= 0.3 is 6.18 Å². The molecular weight excluding hydrogens is 377 g/mol. The van der Waals surface area contributed by atoms with E-state index in [2.05, 4.69) is 15.2 Å². The fourth-order valence-corrected chi connectivity index (χ4v) is 3.35. The molecule has 0 unspecified atom stereocenters. The summed E-state index contributed by atoms with van der Waals surface area (Å²) in [6.45, 7) is 0.574. The number of halogens is 3. The third kappa shape index (κ3) is 4.73. The van der Waals surface area contributed by atoms with Crippen LogP contribution < -0.4 is 0 Å². The van der Waals surface area contributed by atoms with E-state index in [1.807, 2.05) is 19.1 Å². The Balaban J connectivity index is 1.86. The van der Waals surface area contributed by atoms with Crippen LogP contribution in [0.2, 0.25) is 0 Å². The molecule has 2 aromatic heterocycles. The fraction of sp³-hybridized carbons (Fsp3) is 0.222. The van der Waals surface area contributed by atoms with Gasteiger partial charge in [-0.15, -0.1) is 10.2 Å². The molecule has 2 heterocycles. The van der Waals surface area contributed by atoms with Crippen molar-refractivity contribution in [1.82, 2.24) is 19.7 Å². The van der Waals surface area contributed by atoms with Gasteiger partial charge in [-0.05, 0) is 24.6 Å². The Labute approximate surface area is 157 Å². The number of thioether (sulfide) groups is 1. The highest BCUT2D eigenvalue weighted by molar-refractivity contribution is 7.99. The van der Waals surface area contributed by atoms with Crippen LogP contribution in [0.1, 0.15) is 15.9 Å². The van der Waals surface area contributed by atoms with Crippen molar-refractivity contribution in [3.8, 4) is 11.4 Å². The lowest BCUT2D eigenvalue weighted by molar-refractivity contribution is -0.141. The van der Waals surface area contributed by atoms with Crippen LogP contribution in [0, 0.1) is 6.92 Å². The molecule has 0 N–H and O–H groups in total. The van der Waals surface area contributed by atoms with Gasteiger partial charge in [0.2, 0.25) is 0 Å². The van der Waals surface area contributed by atoms with Gasteiger partial charge in [0.15, 0.2) is 16.8 Å². The molecule has 0 aliphatic carbocycles. The Hall–Kier alpha value is -2.68. The molecule has 5 nitrogen and oxygen atoms in total. The number of benzene rings is 1. The van der Waals surface area contributed by atoms with Gasteiger partial charge in [-0.2, -0.15) is 13.2 Å². The molecule has 0 atom stereocenters. The standard InChI is InChI=1S/C18H15F3N4OS/c1-12-4-2-3-5-14(12)15(26)10-27-17-24-23-16(13-6-8-22-9-7-13)25(17)11-18(19,20)21/h2-9H,10-11H2,1H3. The minimum absolute atomic E-state index is 0.0306. The summed E-state index contributed by atoms with van der Waals surface area (Å²) in [7, 11) is 0. The van der Waals surface area contributed by atoms with Crippen LogP contribution in [0.5, 0.6) is 0 Å². The van der Waals surface area contributed by atoms with Crippen molar-refractivity contribution >= 4 is 17.5 Å². The van der Waals surface area contributed by atoms with Crippen LogP contribution >= 0.6 is 11.8 Å². The van der Waals surface area contributed by atoms with E-state index in [9.17, 15) is 18.0 Å². The molecule has 9 heteroatoms. The van der Waals surface area contributed by atoms with Crippen LogP contribution in [0.15, 0.2) is 53.9 Å². The number of aromatic nitrogens is 4. The van der Waals surface area contributed by atoms with E-state index in [0.29, 0.717) is 11.1 Å². The maximum Gasteiger partial charge on any atom is 0.406 e. The Bertz CT molecular complexity index is 941. The van der Waals surface area contributed by atoms with Gasteiger partial charge in [0, 0.05) is 23.5 Å². The molecule has 140 valence electrons. The van der Waals surface area contributed by atoms with Crippen molar-refractivity contribution < 1.29 is 18.0 Å². The maximum atomic E-state index is 13.0. The van der Waals surface area contributed by atoms with Gasteiger partial charge in [0.1, 0.15) is 6.54 Å². The predicted octanol–water partition coefficient (Wildman–Crippen LogP) is 4.19. The van der Waals surface area contributed by atoms with Crippen LogP contribution in [-0.2, 0) is 6.54 Å². The van der Waals surface area contributed by atoms with E-state index in [-0.39, 0.29) is 22.5 Å². The Morgan fingerprint density at radius 2 is 1.81 bits per heavy atom. The second-order valence-electron chi connectivity index (χ2n) is 5.77. The van der Waals surface area contributed by atoms with Crippen molar-refractivity contribution in [2.24, 2.45) is 0 Å². The molecule has 27 heavy (non-hydrogen) atoms. The third-order valence-corrected chi connectivity index (χ3v) is 4.74. The third-order valence-electron chi connectivity index (χ3n) is 3.77. The average molecular weight is 392 g/mol. The number of hydrogen-bond acceptors (Lipinski definition) is 5. The molecular formula is C18H15F3N4OS. The molecule has 0 saturated carbocycles. The Morgan fingerprint density at radius 3 is 2.48 bits per heavy atom. The minimum atomic E-state index is -4.44. The number of aryl methyl sites for hydroxylation is 1. The van der Waals surface area contributed by atoms with E-state index in [0.717, 1.165) is 21.9 Å². The normalized spacial score (nSPS) is 11.6. The van der Waals surface area contributed by atoms with Gasteiger partial charge in [-0.25, -0.2) is 0 Å². The molecule has 3 rings (SSSR count). The van der Waals surface area contributed by atoms with Crippen LogP contribution in [0.25, 0.3) is 11.4 Å². The molecule has 3 aromatic rings. The highest BCUT2D eigenvalue weighted by Gasteiger charge is 2.31. The summed E-state index contributed by atoms with van der Waals surface area (Å²) in [5.41, 5.74) is 1.83. The van der Waals surface area contributed by atoms with Gasteiger partial charge in [-0.3, -0.25) is 14.3 Å². The molecule has 0 bridgehead atoms. The van der Waals surface area contributed by atoms with E-state index in [1.165, 1.54) is 12.4 Å². The summed E-state index contributed by atoms with van der Waals surface area (Å²) in [6, 6.07) is 10.2. The lowest BCUT2D eigenvalue weighted by Gasteiger charge is -2.12. The first-order valence-corrected chi connectivity index (χ1v) is 8.95. The van der Waals surface area contributed by atoms with Gasteiger partial charge in [-0.1, -0.05) is 36.0 Å². The van der Waals surface area contributed by atoms with E-state index in [4.69, 9.17) is 0 Å². The smallest absolute Gasteiger partial charge is 0.293 e. The molecule has 0 aliphatic heterocycles. The van der Waals surface area contributed by atoms with E-state index >= 15 is 0 Å². The number of ketones is 1. The summed E-state index contributed by atoms with van der Waals surface area (Å²) in [6.07, 6.45) is -1.51. The van der Waals surface area contributed by atoms with E-state index < -0.39 is 12.7 Å². The first-order chi connectivity index (χ1) is 12.8. The summed E-state index contributed by atoms with van der Waals surface area (Å²) in [5, 5.41) is 7.80. The van der Waals surface area contributed by atoms with Gasteiger partial charge in [0.05, 0.1) is 5.75 Å². The lowest BCUT2D eigenvalue weighted by Crippen LogP contribution is -2.19. The number of rotatable bonds is 6. The van der Waals surface area contributed by atoms with Gasteiger partial charge < -0.3 is 0 Å². The SMILES string of the molecule is Cc1ccccc1C(=O)CSc1nnc(-c2ccncc2)n1CC(F)(F)F. The average Bonchev–Trinajstić information content (AvgIpc) is 3.01. The quantitative estimate of drug-likeness (QED) is 0.465. The largest absolute Gasteiger partial charge is 0.406 e. The van der Waals surface area contributed by atoms with Crippen molar-refractivity contribution in [1.29, 1.82) is 0 Å². The molecule has 0 saturated heterocycles. The number of Topliss-reactive ketones (excluding diaryl/α,β-unsaturated/α-hetero) is 1. The van der Waals surface area contributed by atoms with Crippen LogP contribution in [0.4, 0.5) is 13.2 Å². The first-order valence-electron chi connectivity index (χ1n) is 7.97. The molecule has 0 radical (unpaired) electrons. The molecule has 1 aromatic carbocycles. The highest BCUT2D eigenvalue weighted by Crippen LogP contribution is 2.28. The molecule has 0 spiro atoms. The number of carbonyl (C=O) groups is 1. The zero-order chi connectivity index (χ0) is 19.4. The van der Waals surface area contributed by atoms with Crippen molar-refractivity contribution in [2.75, 3.05) is 5.75 Å². The van der Waals surface area contributed by atoms with Crippen LogP contribution in [0.3, 0.4) is 0 Å². The number of hydrogen-bond donors (Lipinski definition) is 0. The Kier molecular flexibility index (Phi) is 5.59. The fourth-order valence-electron chi connectivity index (χ4n) is 2.53. The topological polar surface area (TPSA) is 60.7 Å². The Morgan fingerprint density at radius 1 is 1.11 bits per heavy atom. The zero-order valence-electron chi connectivity index (χ0n) is 14.3. The second kappa shape index (κ2) is 7.91. The summed E-state index contributed by atoms with van der Waals surface area (Å²) in [4.78, 5) is 16.3. The number of nitrogens with zero attached hydrogens (tertiary/aromatic N) is 4. The molecule has 0 amide bonds. The predicted molar refractivity (Wildman–Crippen MR) is 95.5 cm³/mol. The number of alkyl halides is 3. The monoisotopic (exact) mass is 392 g/mol. The maximum absolute atomic E-state index is 13.0. The highest BCUT2D eigenvalue weighted by atomic mass is 32.2. The van der Waals surface area contributed by atoms with E-state index in [1.54, 1.807) is 24.3 Å². The number of pyridine rings is 1. The van der Waals surface area contributed by atoms with Crippen molar-refractivity contribution in [3.05, 3.63) is 59.9 Å². The lowest BCUT2D eigenvalue weighted by atomic mass is 10.1. The van der Waals surface area contributed by atoms with Crippen molar-refractivity contribution in [2.45, 2.75) is 24.8 Å². The van der Waals surface area contributed by atoms with Crippen LogP contribution in [-0.4, -0.2) is 37.5 Å².